The Balaban J connectivity index is 2.45. The van der Waals surface area contributed by atoms with Crippen LogP contribution in [0.3, 0.4) is 0 Å². The number of nitrogens with one attached hydrogen (secondary N) is 1. The Morgan fingerprint density at radius 1 is 1.12 bits per heavy atom. The summed E-state index contributed by atoms with van der Waals surface area (Å²) in [6.07, 6.45) is 0.640. The van der Waals surface area contributed by atoms with Crippen molar-refractivity contribution in [3.63, 3.8) is 0 Å². The number of rotatable bonds is 3. The Hall–Kier alpha value is -2.63. The highest BCUT2D eigenvalue weighted by atomic mass is 16.6. The maximum Gasteiger partial charge on any atom is 0.419 e. The van der Waals surface area contributed by atoms with Crippen LogP contribution >= 0.6 is 0 Å². The molecule has 1 aromatic carbocycles. The monoisotopic (exact) mass is 234 g/mol. The van der Waals surface area contributed by atoms with Crippen molar-refractivity contribution < 1.29 is 19.1 Å². The molecule has 6 nitrogen and oxygen atoms in total. The lowest BCUT2D eigenvalue weighted by molar-refractivity contribution is -0.131. The van der Waals surface area contributed by atoms with E-state index in [0.29, 0.717) is 5.69 Å². The number of primary amides is 1. The van der Waals surface area contributed by atoms with Gasteiger partial charge in [-0.3, -0.25) is 10.1 Å². The largest absolute Gasteiger partial charge is 0.419 e. The summed E-state index contributed by atoms with van der Waals surface area (Å²) in [5.74, 6) is -1.78. The zero-order valence-electron chi connectivity index (χ0n) is 8.75. The number of benzene rings is 1. The lowest BCUT2D eigenvalue weighted by atomic mass is 10.3. The van der Waals surface area contributed by atoms with E-state index in [4.69, 9.17) is 5.73 Å². The number of esters is 1. The first-order valence-corrected chi connectivity index (χ1v) is 4.63. The number of nitrogens with two attached hydrogens (primary N) is 1. The molecule has 17 heavy (non-hydrogen) atoms. The van der Waals surface area contributed by atoms with E-state index in [1.54, 1.807) is 30.3 Å². The third-order valence-electron chi connectivity index (χ3n) is 1.60. The van der Waals surface area contributed by atoms with Gasteiger partial charge in [0, 0.05) is 17.8 Å². The molecular formula is C11H10N2O4. The first-order chi connectivity index (χ1) is 8.08. The molecule has 1 rings (SSSR count). The normalized spacial score (nSPS) is 9.88. The van der Waals surface area contributed by atoms with E-state index in [9.17, 15) is 14.4 Å². The highest BCUT2D eigenvalue weighted by Crippen LogP contribution is 2.05. The Bertz CT molecular complexity index is 454. The number of amides is 2. The molecule has 2 amide bonds. The molecule has 0 heterocycles. The third kappa shape index (κ3) is 5.12. The standard InChI is InChI=1S/C11H10N2O4/c12-9(14)6-7-10(15)17-11(16)13-8-4-2-1-3-5-8/h1-7H,(H2,12,14)(H,13,16)/b7-6-. The van der Waals surface area contributed by atoms with Gasteiger partial charge < -0.3 is 10.5 Å². The quantitative estimate of drug-likeness (QED) is 0.459. The van der Waals surface area contributed by atoms with Crippen molar-refractivity contribution >= 4 is 23.7 Å². The lowest BCUT2D eigenvalue weighted by Gasteiger charge is -2.02. The highest BCUT2D eigenvalue weighted by Gasteiger charge is 2.07. The fourth-order valence-electron chi connectivity index (χ4n) is 0.940. The molecule has 0 fully saturated rings. The first-order valence-electron chi connectivity index (χ1n) is 4.63. The molecule has 88 valence electrons. The van der Waals surface area contributed by atoms with Crippen LogP contribution in [0, 0.1) is 0 Å². The number of carbonyl (C=O) groups is 3. The molecule has 1 aromatic rings. The first kappa shape index (κ1) is 12.4. The molecule has 3 N–H and O–H groups in total. The van der Waals surface area contributed by atoms with Crippen LogP contribution in [-0.2, 0) is 14.3 Å². The Morgan fingerprint density at radius 2 is 1.76 bits per heavy atom. The van der Waals surface area contributed by atoms with Gasteiger partial charge in [-0.2, -0.15) is 0 Å². The summed E-state index contributed by atoms with van der Waals surface area (Å²) >= 11 is 0. The van der Waals surface area contributed by atoms with E-state index in [2.05, 4.69) is 10.1 Å². The summed E-state index contributed by atoms with van der Waals surface area (Å²) in [4.78, 5) is 32.4. The Morgan fingerprint density at radius 3 is 2.35 bits per heavy atom. The summed E-state index contributed by atoms with van der Waals surface area (Å²) in [5.41, 5.74) is 5.25. The fourth-order valence-corrected chi connectivity index (χ4v) is 0.940. The predicted octanol–water partition coefficient (Wildman–Crippen LogP) is 0.803. The SMILES string of the molecule is NC(=O)/C=C\C(=O)OC(=O)Nc1ccccc1. The molecule has 0 atom stereocenters. The number of hydrogen-bond acceptors (Lipinski definition) is 4. The summed E-state index contributed by atoms with van der Waals surface area (Å²) in [5, 5.41) is 2.33. The minimum atomic E-state index is -0.975. The van der Waals surface area contributed by atoms with Crippen LogP contribution in [0.1, 0.15) is 0 Å². The van der Waals surface area contributed by atoms with E-state index in [-0.39, 0.29) is 0 Å². The van der Waals surface area contributed by atoms with Crippen molar-refractivity contribution in [1.29, 1.82) is 0 Å². The Labute approximate surface area is 97.1 Å². The highest BCUT2D eigenvalue weighted by molar-refractivity contribution is 5.99. The second kappa shape index (κ2) is 6.06. The molecule has 0 aliphatic heterocycles. The Kier molecular flexibility index (Phi) is 4.44. The second-order valence-corrected chi connectivity index (χ2v) is 2.94. The van der Waals surface area contributed by atoms with Crippen LogP contribution < -0.4 is 11.1 Å². The van der Waals surface area contributed by atoms with Crippen molar-refractivity contribution in [3.05, 3.63) is 42.5 Å². The van der Waals surface area contributed by atoms with Gasteiger partial charge in [0.2, 0.25) is 5.91 Å². The summed E-state index contributed by atoms with van der Waals surface area (Å²) in [6, 6.07) is 8.46. The molecule has 0 saturated carbocycles. The van der Waals surface area contributed by atoms with Crippen LogP contribution in [0.5, 0.6) is 0 Å². The number of para-hydroxylation sites is 1. The van der Waals surface area contributed by atoms with Gasteiger partial charge in [0.1, 0.15) is 0 Å². The molecule has 0 radical (unpaired) electrons. The van der Waals surface area contributed by atoms with Gasteiger partial charge in [-0.25, -0.2) is 9.59 Å². The van der Waals surface area contributed by atoms with Gasteiger partial charge in [-0.05, 0) is 12.1 Å². The second-order valence-electron chi connectivity index (χ2n) is 2.94. The van der Waals surface area contributed by atoms with Crippen LogP contribution in [0.25, 0.3) is 0 Å². The van der Waals surface area contributed by atoms with Crippen molar-refractivity contribution in [3.8, 4) is 0 Å². The molecular weight excluding hydrogens is 224 g/mol. The van der Waals surface area contributed by atoms with Crippen LogP contribution in [-0.4, -0.2) is 18.0 Å². The van der Waals surface area contributed by atoms with Crippen molar-refractivity contribution in [2.45, 2.75) is 0 Å². The van der Waals surface area contributed by atoms with E-state index < -0.39 is 18.0 Å². The fraction of sp³-hybridized carbons (Fsp3) is 0. The maximum atomic E-state index is 11.2. The van der Waals surface area contributed by atoms with Crippen molar-refractivity contribution in [2.24, 2.45) is 5.73 Å². The average molecular weight is 234 g/mol. The predicted molar refractivity (Wildman–Crippen MR) is 59.9 cm³/mol. The smallest absolute Gasteiger partial charge is 0.373 e. The molecule has 0 spiro atoms. The molecule has 0 saturated heterocycles. The van der Waals surface area contributed by atoms with Gasteiger partial charge in [-0.15, -0.1) is 0 Å². The zero-order chi connectivity index (χ0) is 12.7. The van der Waals surface area contributed by atoms with Crippen molar-refractivity contribution in [1.82, 2.24) is 0 Å². The minimum absolute atomic E-state index is 0.490. The lowest BCUT2D eigenvalue weighted by Crippen LogP contribution is -2.17. The molecule has 0 unspecified atom stereocenters. The average Bonchev–Trinajstić information content (AvgIpc) is 2.27. The number of hydrogen-bond donors (Lipinski definition) is 2. The van der Waals surface area contributed by atoms with E-state index in [1.807, 2.05) is 0 Å². The van der Waals surface area contributed by atoms with Gasteiger partial charge >= 0.3 is 12.1 Å². The molecule has 0 aliphatic carbocycles. The summed E-state index contributed by atoms with van der Waals surface area (Å²) in [7, 11) is 0. The molecule has 0 aromatic heterocycles. The van der Waals surface area contributed by atoms with Gasteiger partial charge in [0.15, 0.2) is 0 Å². The summed E-state index contributed by atoms with van der Waals surface area (Å²) in [6.45, 7) is 0. The molecule has 6 heteroatoms. The van der Waals surface area contributed by atoms with E-state index in [0.717, 1.165) is 12.2 Å². The van der Waals surface area contributed by atoms with Gasteiger partial charge in [-0.1, -0.05) is 18.2 Å². The third-order valence-corrected chi connectivity index (χ3v) is 1.60. The van der Waals surface area contributed by atoms with E-state index >= 15 is 0 Å². The minimum Gasteiger partial charge on any atom is -0.373 e. The molecule has 0 aliphatic rings. The van der Waals surface area contributed by atoms with Crippen molar-refractivity contribution in [2.75, 3.05) is 5.32 Å². The number of carbonyl (C=O) groups excluding carboxylic acids is 3. The molecule has 0 bridgehead atoms. The maximum absolute atomic E-state index is 11.2. The number of ether oxygens (including phenoxy) is 1. The van der Waals surface area contributed by atoms with Crippen LogP contribution in [0.4, 0.5) is 10.5 Å². The van der Waals surface area contributed by atoms with Crippen LogP contribution in [0.2, 0.25) is 0 Å². The van der Waals surface area contributed by atoms with Gasteiger partial charge in [0.25, 0.3) is 0 Å². The van der Waals surface area contributed by atoms with Gasteiger partial charge in [0.05, 0.1) is 0 Å². The topological polar surface area (TPSA) is 98.5 Å². The van der Waals surface area contributed by atoms with E-state index in [1.165, 1.54) is 0 Å². The summed E-state index contributed by atoms with van der Waals surface area (Å²) < 4.78 is 4.32. The number of anilines is 1. The van der Waals surface area contributed by atoms with Crippen LogP contribution in [0.15, 0.2) is 42.5 Å². The zero-order valence-corrected chi connectivity index (χ0v) is 8.75.